The smallest absolute Gasteiger partial charge is 0.153 e. The molecule has 0 radical (unpaired) electrons. The molecular formula is C24H20ClF4N4OP. The van der Waals surface area contributed by atoms with Gasteiger partial charge in [0.25, 0.3) is 0 Å². The van der Waals surface area contributed by atoms with Gasteiger partial charge in [-0.2, -0.15) is 0 Å². The molecule has 1 N–H and O–H groups in total. The number of benzene rings is 1. The topological polar surface area (TPSA) is 67.8 Å². The minimum Gasteiger partial charge on any atom is -0.375 e. The molecular weight excluding hydrogens is 503 g/mol. The number of nitrogens with zero attached hydrogens (tertiary/aromatic N) is 3. The molecule has 0 saturated heterocycles. The third kappa shape index (κ3) is 5.02. The molecule has 0 unspecified atom stereocenters. The van der Waals surface area contributed by atoms with E-state index in [1.165, 1.54) is 31.7 Å². The number of pyridine rings is 3. The molecule has 11 heteroatoms. The largest absolute Gasteiger partial charge is 0.375 e. The average Bonchev–Trinajstić information content (AvgIpc) is 2.75. The SMILES string of the molecule is Cc1nc2cc(F)c(-c3cnc(P(C)(C)=O)c(F)c3)nc2c(N[C@H](C)c2cc(F)cc(F)c2)c1Cl. The standard InChI is InChI=1S/C24H20ClF4N4OP/c1-11(13-5-15(26)8-16(27)6-13)32-23-20(25)12(2)31-19-9-17(28)21(33-22(19)23)14-7-18(29)24(30-10-14)35(3,4)34/h5-11H,1-4H3,(H,31,32)/t11-/m1/s1. The van der Waals surface area contributed by atoms with Crippen LogP contribution in [0.15, 0.2) is 36.5 Å². The molecule has 4 aromatic rings. The summed E-state index contributed by atoms with van der Waals surface area (Å²) in [6.45, 7) is 6.05. The Bertz CT molecular complexity index is 1510. The lowest BCUT2D eigenvalue weighted by Crippen LogP contribution is -2.13. The maximum absolute atomic E-state index is 15.0. The van der Waals surface area contributed by atoms with Crippen LogP contribution in [0.25, 0.3) is 22.3 Å². The van der Waals surface area contributed by atoms with Gasteiger partial charge < -0.3 is 9.88 Å². The third-order valence-electron chi connectivity index (χ3n) is 5.37. The fourth-order valence-electron chi connectivity index (χ4n) is 3.68. The van der Waals surface area contributed by atoms with Crippen LogP contribution in [0.2, 0.25) is 5.02 Å². The zero-order valence-electron chi connectivity index (χ0n) is 19.1. The lowest BCUT2D eigenvalue weighted by atomic mass is 10.1. The quantitative estimate of drug-likeness (QED) is 0.235. The zero-order chi connectivity index (χ0) is 25.7. The van der Waals surface area contributed by atoms with Gasteiger partial charge >= 0.3 is 0 Å². The highest BCUT2D eigenvalue weighted by atomic mass is 35.5. The van der Waals surface area contributed by atoms with Gasteiger partial charge in [0.1, 0.15) is 35.4 Å². The summed E-state index contributed by atoms with van der Waals surface area (Å²) < 4.78 is 69.3. The Hall–Kier alpha value is -3.03. The van der Waals surface area contributed by atoms with Crippen molar-refractivity contribution < 1.29 is 22.1 Å². The Kier molecular flexibility index (Phi) is 6.60. The van der Waals surface area contributed by atoms with Gasteiger partial charge in [-0.3, -0.25) is 0 Å². The van der Waals surface area contributed by atoms with E-state index < -0.39 is 36.5 Å². The molecule has 0 saturated carbocycles. The molecule has 0 amide bonds. The van der Waals surface area contributed by atoms with Crippen LogP contribution < -0.4 is 10.8 Å². The van der Waals surface area contributed by atoms with E-state index in [0.29, 0.717) is 11.3 Å². The number of fused-ring (bicyclic) bond motifs is 1. The molecule has 4 rings (SSSR count). The maximum Gasteiger partial charge on any atom is 0.153 e. The van der Waals surface area contributed by atoms with Crippen molar-refractivity contribution in [2.24, 2.45) is 0 Å². The van der Waals surface area contributed by atoms with Crippen molar-refractivity contribution in [1.29, 1.82) is 0 Å². The third-order valence-corrected chi connectivity index (χ3v) is 7.18. The van der Waals surface area contributed by atoms with Gasteiger partial charge in [-0.15, -0.1) is 0 Å². The highest BCUT2D eigenvalue weighted by molar-refractivity contribution is 7.69. The average molecular weight is 523 g/mol. The van der Waals surface area contributed by atoms with Crippen molar-refractivity contribution in [3.05, 3.63) is 76.1 Å². The van der Waals surface area contributed by atoms with E-state index in [0.717, 1.165) is 18.2 Å². The summed E-state index contributed by atoms with van der Waals surface area (Å²) in [5.41, 5.74) is 0.923. The van der Waals surface area contributed by atoms with Gasteiger partial charge in [0.2, 0.25) is 0 Å². The van der Waals surface area contributed by atoms with Crippen LogP contribution in [0.4, 0.5) is 23.2 Å². The van der Waals surface area contributed by atoms with Crippen molar-refractivity contribution in [3.8, 4) is 11.3 Å². The minimum absolute atomic E-state index is 0.0296. The van der Waals surface area contributed by atoms with Crippen LogP contribution in [-0.2, 0) is 4.57 Å². The molecule has 0 aliphatic carbocycles. The van der Waals surface area contributed by atoms with Gasteiger partial charge in [0, 0.05) is 29.9 Å². The van der Waals surface area contributed by atoms with E-state index >= 15 is 4.39 Å². The minimum atomic E-state index is -2.98. The predicted molar refractivity (Wildman–Crippen MR) is 130 cm³/mol. The van der Waals surface area contributed by atoms with E-state index in [4.69, 9.17) is 11.6 Å². The Morgan fingerprint density at radius 3 is 2.23 bits per heavy atom. The van der Waals surface area contributed by atoms with Gasteiger partial charge in [0.15, 0.2) is 11.6 Å². The number of aromatic nitrogens is 3. The molecule has 0 spiro atoms. The first-order valence-electron chi connectivity index (χ1n) is 10.5. The van der Waals surface area contributed by atoms with Crippen molar-refractivity contribution >= 4 is 40.9 Å². The summed E-state index contributed by atoms with van der Waals surface area (Å²) >= 11 is 6.49. The van der Waals surface area contributed by atoms with Gasteiger partial charge in [-0.1, -0.05) is 11.6 Å². The Morgan fingerprint density at radius 2 is 1.63 bits per heavy atom. The van der Waals surface area contributed by atoms with Gasteiger partial charge in [-0.25, -0.2) is 32.5 Å². The number of aryl methyl sites for hydroxylation is 1. The van der Waals surface area contributed by atoms with Gasteiger partial charge in [0.05, 0.1) is 21.9 Å². The Morgan fingerprint density at radius 1 is 0.971 bits per heavy atom. The zero-order valence-corrected chi connectivity index (χ0v) is 20.8. The molecule has 0 fully saturated rings. The maximum atomic E-state index is 15.0. The number of halogens is 5. The number of hydrogen-bond acceptors (Lipinski definition) is 5. The normalized spacial score (nSPS) is 12.7. The summed E-state index contributed by atoms with van der Waals surface area (Å²) in [5.74, 6) is -3.08. The molecule has 182 valence electrons. The first-order valence-corrected chi connectivity index (χ1v) is 13.4. The second-order valence-electron chi connectivity index (χ2n) is 8.52. The fourth-order valence-corrected chi connectivity index (χ4v) is 4.78. The summed E-state index contributed by atoms with van der Waals surface area (Å²) in [6, 6.07) is 4.67. The molecule has 35 heavy (non-hydrogen) atoms. The van der Waals surface area contributed by atoms with Crippen LogP contribution >= 0.6 is 18.7 Å². The molecule has 5 nitrogen and oxygen atoms in total. The lowest BCUT2D eigenvalue weighted by Gasteiger charge is -2.19. The highest BCUT2D eigenvalue weighted by Crippen LogP contribution is 2.38. The van der Waals surface area contributed by atoms with Crippen molar-refractivity contribution in [3.63, 3.8) is 0 Å². The number of anilines is 1. The molecule has 3 heterocycles. The first-order chi connectivity index (χ1) is 16.3. The second kappa shape index (κ2) is 9.21. The van der Waals surface area contributed by atoms with Crippen LogP contribution in [0.3, 0.4) is 0 Å². The molecule has 3 aromatic heterocycles. The van der Waals surface area contributed by atoms with E-state index in [1.807, 2.05) is 0 Å². The molecule has 0 aliphatic rings. The Balaban J connectivity index is 1.86. The van der Waals surface area contributed by atoms with E-state index in [1.54, 1.807) is 13.8 Å². The second-order valence-corrected chi connectivity index (χ2v) is 12.0. The number of hydrogen-bond donors (Lipinski definition) is 1. The summed E-state index contributed by atoms with van der Waals surface area (Å²) in [5, 5.41) is 3.27. The van der Waals surface area contributed by atoms with Crippen LogP contribution in [-0.4, -0.2) is 28.3 Å². The summed E-state index contributed by atoms with van der Waals surface area (Å²) in [6.07, 6.45) is 1.20. The summed E-state index contributed by atoms with van der Waals surface area (Å²) in [7, 11) is -2.98. The van der Waals surface area contributed by atoms with Crippen molar-refractivity contribution in [2.45, 2.75) is 19.9 Å². The van der Waals surface area contributed by atoms with Gasteiger partial charge in [-0.05, 0) is 50.9 Å². The molecule has 0 aliphatic heterocycles. The lowest BCUT2D eigenvalue weighted by molar-refractivity contribution is 0.577. The van der Waals surface area contributed by atoms with Crippen LogP contribution in [0, 0.1) is 30.2 Å². The highest BCUT2D eigenvalue weighted by Gasteiger charge is 2.22. The Labute approximate surface area is 204 Å². The van der Waals surface area contributed by atoms with E-state index in [9.17, 15) is 17.7 Å². The van der Waals surface area contributed by atoms with Crippen LogP contribution in [0.5, 0.6) is 0 Å². The summed E-state index contributed by atoms with van der Waals surface area (Å²) in [4.78, 5) is 12.6. The monoisotopic (exact) mass is 522 g/mol. The molecule has 1 atom stereocenters. The fraction of sp³-hybridized carbons (Fsp3) is 0.208. The van der Waals surface area contributed by atoms with E-state index in [-0.39, 0.29) is 38.4 Å². The molecule has 0 bridgehead atoms. The number of nitrogens with one attached hydrogen (secondary N) is 1. The predicted octanol–water partition coefficient (Wildman–Crippen LogP) is 6.63. The first kappa shape index (κ1) is 25.1. The number of rotatable bonds is 5. The van der Waals surface area contributed by atoms with E-state index in [2.05, 4.69) is 20.3 Å². The van der Waals surface area contributed by atoms with Crippen molar-refractivity contribution in [1.82, 2.24) is 15.0 Å². The molecule has 1 aromatic carbocycles. The van der Waals surface area contributed by atoms with Crippen LogP contribution in [0.1, 0.15) is 24.2 Å². The van der Waals surface area contributed by atoms with Crippen molar-refractivity contribution in [2.75, 3.05) is 18.6 Å².